The second-order valence-electron chi connectivity index (χ2n) is 0.635. The molecule has 1 N–H and O–H groups in total. The molecule has 0 bridgehead atoms. The van der Waals surface area contributed by atoms with E-state index >= 15 is 0 Å². The fourth-order valence-corrected chi connectivity index (χ4v) is 0.217. The topological polar surface area (TPSA) is 49.7 Å². The van der Waals surface area contributed by atoms with Crippen molar-refractivity contribution in [1.82, 2.24) is 0 Å². The number of amides is 1. The summed E-state index contributed by atoms with van der Waals surface area (Å²) in [7, 11) is 0. The maximum atomic E-state index is 9.45. The van der Waals surface area contributed by atoms with Crippen molar-refractivity contribution in [1.29, 1.82) is 0 Å². The molecule has 0 spiro atoms. The zero-order valence-electron chi connectivity index (χ0n) is 3.47. The Balaban J connectivity index is 0. The van der Waals surface area contributed by atoms with Crippen molar-refractivity contribution in [2.45, 2.75) is 0 Å². The van der Waals surface area contributed by atoms with Gasteiger partial charge >= 0.3 is 6.09 Å². The summed E-state index contributed by atoms with van der Waals surface area (Å²) < 4.78 is -0.493. The average molecular weight is 178 g/mol. The van der Waals surface area contributed by atoms with E-state index in [1.165, 1.54) is 0 Å². The van der Waals surface area contributed by atoms with Crippen LogP contribution >= 0.6 is 35.6 Å². The van der Waals surface area contributed by atoms with Gasteiger partial charge in [0.1, 0.15) is 0 Å². The molecular weight excluding hydrogens is 176 g/mol. The number of halogens is 3. The van der Waals surface area contributed by atoms with E-state index in [1.807, 2.05) is 0 Å². The molecule has 0 aliphatic carbocycles. The third kappa shape index (κ3) is 9.38. The SMILES string of the molecule is Cl.O=C(O)N=C(Cl)Cl. The number of hydrogen-bond acceptors (Lipinski definition) is 1. The van der Waals surface area contributed by atoms with Crippen LogP contribution in [0.4, 0.5) is 4.79 Å². The van der Waals surface area contributed by atoms with Gasteiger partial charge in [0.15, 0.2) is 0 Å². The number of nitrogens with zero attached hydrogens (tertiary/aromatic N) is 1. The van der Waals surface area contributed by atoms with E-state index in [4.69, 9.17) is 28.3 Å². The molecule has 48 valence electrons. The highest BCUT2D eigenvalue weighted by atomic mass is 35.5. The van der Waals surface area contributed by atoms with Crippen LogP contribution in [0.15, 0.2) is 4.99 Å². The van der Waals surface area contributed by atoms with Crippen LogP contribution in [-0.2, 0) is 0 Å². The monoisotopic (exact) mass is 177 g/mol. The molecule has 8 heavy (non-hydrogen) atoms. The van der Waals surface area contributed by atoms with Gasteiger partial charge in [-0.1, -0.05) is 0 Å². The number of carboxylic acid groups (broad SMARTS) is 1. The van der Waals surface area contributed by atoms with Gasteiger partial charge in [0.2, 0.25) is 4.63 Å². The minimum atomic E-state index is -1.39. The van der Waals surface area contributed by atoms with Gasteiger partial charge in [0.25, 0.3) is 0 Å². The summed E-state index contributed by atoms with van der Waals surface area (Å²) in [5.41, 5.74) is 0. The zero-order valence-corrected chi connectivity index (χ0v) is 5.80. The first-order chi connectivity index (χ1) is 3.13. The molecule has 0 fully saturated rings. The predicted molar refractivity (Wildman–Crippen MR) is 34.4 cm³/mol. The molecule has 0 aromatic heterocycles. The Morgan fingerprint density at radius 3 is 1.88 bits per heavy atom. The molecule has 3 nitrogen and oxygen atoms in total. The average Bonchev–Trinajstić information content (AvgIpc) is 1.27. The largest absolute Gasteiger partial charge is 0.463 e. The number of carbonyl (C=O) groups is 1. The van der Waals surface area contributed by atoms with Crippen LogP contribution in [-0.4, -0.2) is 15.8 Å². The van der Waals surface area contributed by atoms with Gasteiger partial charge in [-0.15, -0.1) is 12.4 Å². The van der Waals surface area contributed by atoms with Crippen LogP contribution in [0.2, 0.25) is 0 Å². The van der Waals surface area contributed by atoms with Gasteiger partial charge < -0.3 is 5.11 Å². The number of aliphatic imine (C=N–C) groups is 1. The minimum absolute atomic E-state index is 0. The van der Waals surface area contributed by atoms with Gasteiger partial charge in [-0.2, -0.15) is 4.99 Å². The van der Waals surface area contributed by atoms with Crippen LogP contribution < -0.4 is 0 Å². The first-order valence-electron chi connectivity index (χ1n) is 1.25. The van der Waals surface area contributed by atoms with E-state index in [-0.39, 0.29) is 12.4 Å². The Bertz CT molecular complexity index is 108. The van der Waals surface area contributed by atoms with Gasteiger partial charge in [-0.05, 0) is 23.2 Å². The Morgan fingerprint density at radius 2 is 1.88 bits per heavy atom. The molecule has 0 aromatic rings. The van der Waals surface area contributed by atoms with Crippen molar-refractivity contribution >= 4 is 46.3 Å². The molecule has 6 heteroatoms. The van der Waals surface area contributed by atoms with Crippen molar-refractivity contribution in [3.8, 4) is 0 Å². The second-order valence-corrected chi connectivity index (χ2v) is 1.54. The van der Waals surface area contributed by atoms with Gasteiger partial charge in [0, 0.05) is 0 Å². The normalized spacial score (nSPS) is 6.75. The molecule has 0 aliphatic heterocycles. The smallest absolute Gasteiger partial charge is 0.433 e. The molecular formula is C2H2Cl3NO2. The second kappa shape index (κ2) is 5.15. The Labute approximate surface area is 61.7 Å². The summed E-state index contributed by atoms with van der Waals surface area (Å²) in [5.74, 6) is 0. The van der Waals surface area contributed by atoms with Crippen molar-refractivity contribution in [2.24, 2.45) is 4.99 Å². The first kappa shape index (κ1) is 10.9. The molecule has 0 heterocycles. The zero-order chi connectivity index (χ0) is 5.86. The molecule has 0 rings (SSSR count). The van der Waals surface area contributed by atoms with E-state index in [9.17, 15) is 4.79 Å². The van der Waals surface area contributed by atoms with Crippen LogP contribution in [0.1, 0.15) is 0 Å². The van der Waals surface area contributed by atoms with E-state index in [2.05, 4.69) is 4.99 Å². The fraction of sp³-hybridized carbons (Fsp3) is 0. The molecule has 0 saturated heterocycles. The molecule has 0 aromatic carbocycles. The lowest BCUT2D eigenvalue weighted by atomic mass is 11.2. The summed E-state index contributed by atoms with van der Waals surface area (Å²) >= 11 is 9.61. The Kier molecular flexibility index (Phi) is 7.02. The first-order valence-corrected chi connectivity index (χ1v) is 2.01. The van der Waals surface area contributed by atoms with E-state index < -0.39 is 10.7 Å². The third-order valence-electron chi connectivity index (χ3n) is 0.180. The Morgan fingerprint density at radius 1 is 1.50 bits per heavy atom. The fourth-order valence-electron chi connectivity index (χ4n) is 0.0723. The van der Waals surface area contributed by atoms with Crippen LogP contribution in [0.5, 0.6) is 0 Å². The van der Waals surface area contributed by atoms with Crippen molar-refractivity contribution in [3.05, 3.63) is 0 Å². The van der Waals surface area contributed by atoms with Crippen LogP contribution in [0.25, 0.3) is 0 Å². The van der Waals surface area contributed by atoms with E-state index in [1.54, 1.807) is 0 Å². The number of hydrogen-bond donors (Lipinski definition) is 1. The van der Waals surface area contributed by atoms with Crippen LogP contribution in [0, 0.1) is 0 Å². The highest BCUT2D eigenvalue weighted by Gasteiger charge is 1.89. The van der Waals surface area contributed by atoms with Gasteiger partial charge in [-0.25, -0.2) is 4.79 Å². The summed E-state index contributed by atoms with van der Waals surface area (Å²) in [6, 6.07) is 0. The Hall–Kier alpha value is 0.01000. The highest BCUT2D eigenvalue weighted by molar-refractivity contribution is 6.95. The van der Waals surface area contributed by atoms with E-state index in [0.29, 0.717) is 0 Å². The summed E-state index contributed by atoms with van der Waals surface area (Å²) in [4.78, 5) is 12.1. The van der Waals surface area contributed by atoms with Gasteiger partial charge in [0.05, 0.1) is 0 Å². The summed E-state index contributed by atoms with van der Waals surface area (Å²) in [6.07, 6.45) is -1.39. The molecule has 0 atom stereocenters. The van der Waals surface area contributed by atoms with Crippen molar-refractivity contribution in [3.63, 3.8) is 0 Å². The van der Waals surface area contributed by atoms with Crippen molar-refractivity contribution < 1.29 is 9.90 Å². The quantitative estimate of drug-likeness (QED) is 0.576. The predicted octanol–water partition coefficient (Wildman–Crippen LogP) is 1.92. The standard InChI is InChI=1S/C2HCl2NO2.ClH/c3-1(4)5-2(6)7;/h(H,6,7);1H. The summed E-state index contributed by atoms with van der Waals surface area (Å²) in [5, 5.41) is 7.73. The lowest BCUT2D eigenvalue weighted by Crippen LogP contribution is -1.85. The van der Waals surface area contributed by atoms with Crippen molar-refractivity contribution in [2.75, 3.05) is 0 Å². The molecule has 0 aliphatic rings. The molecule has 0 radical (unpaired) electrons. The third-order valence-corrected chi connectivity index (χ3v) is 0.349. The maximum Gasteiger partial charge on any atom is 0.433 e. The van der Waals surface area contributed by atoms with Gasteiger partial charge in [-0.3, -0.25) is 0 Å². The van der Waals surface area contributed by atoms with E-state index in [0.717, 1.165) is 0 Å². The lowest BCUT2D eigenvalue weighted by molar-refractivity contribution is 0.206. The molecule has 0 saturated carbocycles. The minimum Gasteiger partial charge on any atom is -0.463 e. The maximum absolute atomic E-state index is 9.45. The molecule has 0 unspecified atom stereocenters. The molecule has 1 amide bonds. The summed E-state index contributed by atoms with van der Waals surface area (Å²) in [6.45, 7) is 0. The van der Waals surface area contributed by atoms with Crippen LogP contribution in [0.3, 0.4) is 0 Å². The number of rotatable bonds is 0. The lowest BCUT2D eigenvalue weighted by Gasteiger charge is -1.74. The highest BCUT2D eigenvalue weighted by Crippen LogP contribution is 1.90.